The van der Waals surface area contributed by atoms with Crippen molar-refractivity contribution >= 4 is 16.9 Å². The Morgan fingerprint density at radius 2 is 1.86 bits per heavy atom. The van der Waals surface area contributed by atoms with E-state index in [9.17, 15) is 4.79 Å². The number of benzene rings is 1. The van der Waals surface area contributed by atoms with E-state index in [1.807, 2.05) is 47.8 Å². The van der Waals surface area contributed by atoms with E-state index in [-0.39, 0.29) is 11.9 Å². The van der Waals surface area contributed by atoms with Crippen LogP contribution >= 0.6 is 0 Å². The zero-order chi connectivity index (χ0) is 20.1. The molecule has 0 N–H and O–H groups in total. The van der Waals surface area contributed by atoms with Gasteiger partial charge in [0.15, 0.2) is 5.65 Å². The van der Waals surface area contributed by atoms with Crippen LogP contribution < -0.4 is 0 Å². The van der Waals surface area contributed by atoms with Crippen molar-refractivity contribution in [3.63, 3.8) is 0 Å². The maximum Gasteiger partial charge on any atom is 0.255 e. The minimum Gasteiger partial charge on any atom is -0.329 e. The van der Waals surface area contributed by atoms with Gasteiger partial charge < -0.3 is 9.80 Å². The molecular formula is C23H27N5O. The zero-order valence-corrected chi connectivity index (χ0v) is 17.3. The third-order valence-corrected chi connectivity index (χ3v) is 6.24. The van der Waals surface area contributed by atoms with E-state index in [0.29, 0.717) is 5.92 Å². The van der Waals surface area contributed by atoms with Crippen molar-refractivity contribution in [3.8, 4) is 0 Å². The van der Waals surface area contributed by atoms with Crippen molar-refractivity contribution in [3.05, 3.63) is 58.9 Å². The fourth-order valence-electron chi connectivity index (χ4n) is 4.50. The second-order valence-electron chi connectivity index (χ2n) is 8.46. The van der Waals surface area contributed by atoms with Gasteiger partial charge in [0.2, 0.25) is 0 Å². The second kappa shape index (κ2) is 6.95. The molecule has 1 aliphatic carbocycles. The highest BCUT2D eigenvalue weighted by Crippen LogP contribution is 2.41. The van der Waals surface area contributed by atoms with Crippen LogP contribution in [0, 0.1) is 6.92 Å². The normalized spacial score (nSPS) is 20.4. The highest BCUT2D eigenvalue weighted by molar-refractivity contribution is 6.06. The molecular weight excluding hydrogens is 362 g/mol. The summed E-state index contributed by atoms with van der Waals surface area (Å²) in [4.78, 5) is 23.1. The number of pyridine rings is 1. The number of carbonyl (C=O) groups is 1. The third kappa shape index (κ3) is 3.21. The van der Waals surface area contributed by atoms with E-state index in [2.05, 4.69) is 29.2 Å². The summed E-state index contributed by atoms with van der Waals surface area (Å²) in [7, 11) is 4.04. The first kappa shape index (κ1) is 18.3. The van der Waals surface area contributed by atoms with Gasteiger partial charge in [0.25, 0.3) is 5.91 Å². The molecule has 6 nitrogen and oxygen atoms in total. The number of likely N-dealkylation sites (N-methyl/N-ethyl adjacent to an activating group) is 1. The number of amides is 1. The van der Waals surface area contributed by atoms with E-state index < -0.39 is 0 Å². The van der Waals surface area contributed by atoms with Gasteiger partial charge in [0.05, 0.1) is 22.7 Å². The molecule has 1 amide bonds. The number of fused-ring (bicyclic) bond motifs is 1. The largest absolute Gasteiger partial charge is 0.329 e. The van der Waals surface area contributed by atoms with Crippen LogP contribution in [0.1, 0.15) is 52.1 Å². The maximum absolute atomic E-state index is 13.9. The summed E-state index contributed by atoms with van der Waals surface area (Å²) >= 11 is 0. The maximum atomic E-state index is 13.9. The number of rotatable bonds is 3. The molecule has 1 saturated heterocycles. The lowest BCUT2D eigenvalue weighted by Gasteiger charge is -2.40. The molecule has 2 fully saturated rings. The fraction of sp³-hybridized carbons (Fsp3) is 0.435. The topological polar surface area (TPSA) is 54.3 Å². The monoisotopic (exact) mass is 389 g/mol. The molecule has 2 aromatic heterocycles. The Morgan fingerprint density at radius 1 is 1.10 bits per heavy atom. The Bertz CT molecular complexity index is 1070. The van der Waals surface area contributed by atoms with Crippen molar-refractivity contribution in [2.45, 2.75) is 31.7 Å². The lowest BCUT2D eigenvalue weighted by Crippen LogP contribution is -2.49. The van der Waals surface area contributed by atoms with Crippen LogP contribution in [0.2, 0.25) is 0 Å². The molecule has 1 aromatic carbocycles. The molecule has 2 aliphatic rings. The summed E-state index contributed by atoms with van der Waals surface area (Å²) < 4.78 is 1.81. The summed E-state index contributed by atoms with van der Waals surface area (Å²) in [5, 5.41) is 5.46. The van der Waals surface area contributed by atoms with Crippen LogP contribution in [0.15, 0.2) is 36.4 Å². The molecule has 6 heteroatoms. The number of aryl methyl sites for hydroxylation is 2. The minimum absolute atomic E-state index is 0.0482. The molecule has 0 radical (unpaired) electrons. The van der Waals surface area contributed by atoms with Crippen molar-refractivity contribution in [2.24, 2.45) is 7.05 Å². The number of hydrogen-bond donors (Lipinski definition) is 0. The molecule has 0 bridgehead atoms. The Labute approximate surface area is 171 Å². The summed E-state index contributed by atoms with van der Waals surface area (Å²) in [6, 6.07) is 12.5. The van der Waals surface area contributed by atoms with Gasteiger partial charge in [-0.3, -0.25) is 9.48 Å². The molecule has 1 atom stereocenters. The highest BCUT2D eigenvalue weighted by Gasteiger charge is 2.34. The molecule has 1 saturated carbocycles. The van der Waals surface area contributed by atoms with Gasteiger partial charge in [-0.1, -0.05) is 30.3 Å². The van der Waals surface area contributed by atoms with Crippen molar-refractivity contribution in [2.75, 3.05) is 26.7 Å². The van der Waals surface area contributed by atoms with Crippen LogP contribution in [0.5, 0.6) is 0 Å². The van der Waals surface area contributed by atoms with E-state index in [1.165, 1.54) is 5.56 Å². The Balaban J connectivity index is 1.61. The lowest BCUT2D eigenvalue weighted by molar-refractivity contribution is 0.0499. The molecule has 5 rings (SSSR count). The average Bonchev–Trinajstić information content (AvgIpc) is 3.54. The second-order valence-corrected chi connectivity index (χ2v) is 8.46. The Morgan fingerprint density at radius 3 is 2.59 bits per heavy atom. The van der Waals surface area contributed by atoms with Crippen molar-refractivity contribution in [1.29, 1.82) is 0 Å². The quantitative estimate of drug-likeness (QED) is 0.690. The molecule has 3 heterocycles. The Kier molecular flexibility index (Phi) is 4.39. The SMILES string of the molecule is Cc1nn(C)c2nc(C3CC3)cc(C(=O)N3CCN(C)CC3c3ccccc3)c12. The van der Waals surface area contributed by atoms with Gasteiger partial charge in [-0.2, -0.15) is 5.10 Å². The van der Waals surface area contributed by atoms with Gasteiger partial charge in [-0.05, 0) is 38.4 Å². The predicted octanol–water partition coefficient (Wildman–Crippen LogP) is 3.28. The van der Waals surface area contributed by atoms with E-state index in [0.717, 1.165) is 60.5 Å². The first-order chi connectivity index (χ1) is 14.0. The molecule has 0 spiro atoms. The van der Waals surface area contributed by atoms with Gasteiger partial charge in [-0.25, -0.2) is 4.98 Å². The smallest absolute Gasteiger partial charge is 0.255 e. The fourth-order valence-corrected chi connectivity index (χ4v) is 4.50. The number of aromatic nitrogens is 3. The highest BCUT2D eigenvalue weighted by atomic mass is 16.2. The molecule has 1 unspecified atom stereocenters. The summed E-state index contributed by atoms with van der Waals surface area (Å²) in [5.41, 5.74) is 4.66. The van der Waals surface area contributed by atoms with E-state index >= 15 is 0 Å². The summed E-state index contributed by atoms with van der Waals surface area (Å²) in [6.07, 6.45) is 2.31. The van der Waals surface area contributed by atoms with Crippen LogP contribution in [-0.2, 0) is 7.05 Å². The standard InChI is InChI=1S/C23H27N5O/c1-15-21-18(13-19(16-9-10-16)24-22(21)27(3)25-15)23(29)28-12-11-26(2)14-20(28)17-7-5-4-6-8-17/h4-8,13,16,20H,9-12,14H2,1-3H3. The predicted molar refractivity (Wildman–Crippen MR) is 113 cm³/mol. The van der Waals surface area contributed by atoms with Gasteiger partial charge >= 0.3 is 0 Å². The summed E-state index contributed by atoms with van der Waals surface area (Å²) in [6.45, 7) is 4.41. The number of piperazine rings is 1. The Hall–Kier alpha value is -2.73. The minimum atomic E-state index is 0.0482. The van der Waals surface area contributed by atoms with Crippen molar-refractivity contribution in [1.82, 2.24) is 24.6 Å². The number of carbonyl (C=O) groups excluding carboxylic acids is 1. The van der Waals surface area contributed by atoms with Crippen LogP contribution in [-0.4, -0.2) is 57.2 Å². The van der Waals surface area contributed by atoms with Crippen molar-refractivity contribution < 1.29 is 4.79 Å². The molecule has 1 aliphatic heterocycles. The van der Waals surface area contributed by atoms with Crippen LogP contribution in [0.3, 0.4) is 0 Å². The third-order valence-electron chi connectivity index (χ3n) is 6.24. The van der Waals surface area contributed by atoms with E-state index in [4.69, 9.17) is 4.98 Å². The van der Waals surface area contributed by atoms with Crippen LogP contribution in [0.25, 0.3) is 11.0 Å². The van der Waals surface area contributed by atoms with Gasteiger partial charge in [0.1, 0.15) is 0 Å². The first-order valence-electron chi connectivity index (χ1n) is 10.4. The van der Waals surface area contributed by atoms with E-state index in [1.54, 1.807) is 0 Å². The van der Waals surface area contributed by atoms with Crippen LogP contribution in [0.4, 0.5) is 0 Å². The molecule has 3 aromatic rings. The number of hydrogen-bond acceptors (Lipinski definition) is 4. The first-order valence-corrected chi connectivity index (χ1v) is 10.4. The lowest BCUT2D eigenvalue weighted by atomic mass is 10.00. The number of nitrogens with zero attached hydrogens (tertiary/aromatic N) is 5. The zero-order valence-electron chi connectivity index (χ0n) is 17.3. The van der Waals surface area contributed by atoms with Gasteiger partial charge in [-0.15, -0.1) is 0 Å². The molecule has 29 heavy (non-hydrogen) atoms. The van der Waals surface area contributed by atoms with Gasteiger partial charge in [0, 0.05) is 38.3 Å². The average molecular weight is 390 g/mol. The summed E-state index contributed by atoms with van der Waals surface area (Å²) in [5.74, 6) is 0.580. The molecule has 150 valence electrons.